The molecular formula is C11H11ClN2O3. The zero-order valence-electron chi connectivity index (χ0n) is 9.12. The van der Waals surface area contributed by atoms with E-state index in [0.717, 1.165) is 0 Å². The number of imide groups is 1. The van der Waals surface area contributed by atoms with Gasteiger partial charge in [0.15, 0.2) is 5.54 Å². The summed E-state index contributed by atoms with van der Waals surface area (Å²) in [6, 6.07) is 6.26. The Balaban J connectivity index is 2.00. The first kappa shape index (κ1) is 11.7. The van der Waals surface area contributed by atoms with Gasteiger partial charge in [-0.05, 0) is 31.2 Å². The topological polar surface area (TPSA) is 67.4 Å². The predicted molar refractivity (Wildman–Crippen MR) is 62.0 cm³/mol. The van der Waals surface area contributed by atoms with Crippen molar-refractivity contribution in [2.45, 2.75) is 12.5 Å². The summed E-state index contributed by atoms with van der Waals surface area (Å²) in [4.78, 5) is 22.5. The van der Waals surface area contributed by atoms with Crippen LogP contribution in [0.2, 0.25) is 5.02 Å². The number of ether oxygens (including phenoxy) is 1. The lowest BCUT2D eigenvalue weighted by Crippen LogP contribution is -2.48. The third-order valence-electron chi connectivity index (χ3n) is 2.46. The van der Waals surface area contributed by atoms with E-state index in [4.69, 9.17) is 16.3 Å². The third-order valence-corrected chi connectivity index (χ3v) is 2.71. The molecule has 6 heteroatoms. The van der Waals surface area contributed by atoms with Crippen molar-refractivity contribution in [2.75, 3.05) is 6.61 Å². The number of carbonyl (C=O) groups is 2. The molecule has 1 heterocycles. The largest absolute Gasteiger partial charge is 0.491 e. The van der Waals surface area contributed by atoms with E-state index < -0.39 is 17.5 Å². The van der Waals surface area contributed by atoms with Crippen LogP contribution in [0.15, 0.2) is 24.3 Å². The highest BCUT2D eigenvalue weighted by Crippen LogP contribution is 2.18. The van der Waals surface area contributed by atoms with Gasteiger partial charge in [0.1, 0.15) is 12.4 Å². The minimum Gasteiger partial charge on any atom is -0.491 e. The van der Waals surface area contributed by atoms with Gasteiger partial charge in [0.2, 0.25) is 0 Å². The van der Waals surface area contributed by atoms with Crippen LogP contribution < -0.4 is 15.4 Å². The first-order chi connectivity index (χ1) is 7.99. The summed E-state index contributed by atoms with van der Waals surface area (Å²) in [5, 5.41) is 5.28. The molecule has 1 aromatic rings. The zero-order valence-corrected chi connectivity index (χ0v) is 9.88. The Kier molecular flexibility index (Phi) is 2.93. The molecule has 1 fully saturated rings. The second kappa shape index (κ2) is 4.25. The molecule has 0 radical (unpaired) electrons. The summed E-state index contributed by atoms with van der Waals surface area (Å²) in [6.07, 6.45) is 0. The smallest absolute Gasteiger partial charge is 0.322 e. The highest BCUT2D eigenvalue weighted by atomic mass is 35.5. The molecule has 0 aliphatic carbocycles. The maximum atomic E-state index is 11.5. The number of benzene rings is 1. The van der Waals surface area contributed by atoms with Crippen LogP contribution in [0.25, 0.3) is 0 Å². The van der Waals surface area contributed by atoms with E-state index in [0.29, 0.717) is 10.8 Å². The van der Waals surface area contributed by atoms with Crippen LogP contribution >= 0.6 is 11.6 Å². The van der Waals surface area contributed by atoms with Gasteiger partial charge in [-0.1, -0.05) is 11.6 Å². The second-order valence-corrected chi connectivity index (χ2v) is 4.42. The van der Waals surface area contributed by atoms with Crippen molar-refractivity contribution in [1.82, 2.24) is 10.6 Å². The number of urea groups is 1. The molecule has 17 heavy (non-hydrogen) atoms. The van der Waals surface area contributed by atoms with Crippen molar-refractivity contribution in [2.24, 2.45) is 0 Å². The number of hydrogen-bond acceptors (Lipinski definition) is 3. The Bertz CT molecular complexity index is 460. The molecule has 0 saturated carbocycles. The van der Waals surface area contributed by atoms with E-state index in [-0.39, 0.29) is 6.61 Å². The average Bonchev–Trinajstić information content (AvgIpc) is 2.52. The molecule has 0 spiro atoms. The second-order valence-electron chi connectivity index (χ2n) is 3.98. The van der Waals surface area contributed by atoms with Crippen molar-refractivity contribution in [1.29, 1.82) is 0 Å². The van der Waals surface area contributed by atoms with E-state index in [1.54, 1.807) is 31.2 Å². The van der Waals surface area contributed by atoms with Crippen molar-refractivity contribution in [3.63, 3.8) is 0 Å². The van der Waals surface area contributed by atoms with Crippen molar-refractivity contribution < 1.29 is 14.3 Å². The molecule has 90 valence electrons. The molecule has 2 N–H and O–H groups in total. The maximum Gasteiger partial charge on any atom is 0.322 e. The van der Waals surface area contributed by atoms with E-state index in [2.05, 4.69) is 10.6 Å². The van der Waals surface area contributed by atoms with Crippen molar-refractivity contribution in [3.05, 3.63) is 29.3 Å². The Labute approximate surface area is 103 Å². The zero-order chi connectivity index (χ0) is 12.5. The molecule has 0 aromatic heterocycles. The summed E-state index contributed by atoms with van der Waals surface area (Å²) in [5.74, 6) is 0.195. The van der Waals surface area contributed by atoms with Gasteiger partial charge in [-0.15, -0.1) is 0 Å². The first-order valence-electron chi connectivity index (χ1n) is 5.01. The van der Waals surface area contributed by atoms with E-state index in [9.17, 15) is 9.59 Å². The summed E-state index contributed by atoms with van der Waals surface area (Å²) < 4.78 is 5.43. The fourth-order valence-electron chi connectivity index (χ4n) is 1.44. The lowest BCUT2D eigenvalue weighted by molar-refractivity contribution is -0.124. The molecular weight excluding hydrogens is 244 g/mol. The Morgan fingerprint density at radius 1 is 1.29 bits per heavy atom. The summed E-state index contributed by atoms with van der Waals surface area (Å²) in [6.45, 7) is 1.66. The molecule has 1 aliphatic heterocycles. The minimum atomic E-state index is -1.03. The Hall–Kier alpha value is -1.75. The van der Waals surface area contributed by atoms with Crippen LogP contribution in [-0.4, -0.2) is 24.1 Å². The minimum absolute atomic E-state index is 0.0617. The predicted octanol–water partition coefficient (Wildman–Crippen LogP) is 1.32. The van der Waals surface area contributed by atoms with Crippen LogP contribution in [0.1, 0.15) is 6.92 Å². The van der Waals surface area contributed by atoms with Gasteiger partial charge in [-0.3, -0.25) is 10.1 Å². The number of carbonyl (C=O) groups excluding carboxylic acids is 2. The van der Waals surface area contributed by atoms with Gasteiger partial charge in [0, 0.05) is 5.02 Å². The molecule has 1 saturated heterocycles. The quantitative estimate of drug-likeness (QED) is 0.800. The van der Waals surface area contributed by atoms with Gasteiger partial charge in [0.05, 0.1) is 0 Å². The summed E-state index contributed by atoms with van der Waals surface area (Å²) in [5.41, 5.74) is -1.03. The van der Waals surface area contributed by atoms with Gasteiger partial charge in [-0.25, -0.2) is 4.79 Å². The lowest BCUT2D eigenvalue weighted by atomic mass is 10.1. The monoisotopic (exact) mass is 254 g/mol. The SMILES string of the molecule is CC1(COc2ccc(Cl)cc2)NC(=O)NC1=O. The standard InChI is InChI=1S/C11H11ClN2O3/c1-11(9(15)13-10(16)14-11)6-17-8-4-2-7(12)3-5-8/h2-5H,6H2,1H3,(H2,13,14,15,16). The molecule has 1 unspecified atom stereocenters. The van der Waals surface area contributed by atoms with Gasteiger partial charge in [0.25, 0.3) is 5.91 Å². The summed E-state index contributed by atoms with van der Waals surface area (Å²) in [7, 11) is 0. The lowest BCUT2D eigenvalue weighted by Gasteiger charge is -2.20. The number of hydrogen-bond donors (Lipinski definition) is 2. The molecule has 3 amide bonds. The molecule has 0 bridgehead atoms. The van der Waals surface area contributed by atoms with Crippen LogP contribution in [0.5, 0.6) is 5.75 Å². The normalized spacial score (nSPS) is 23.2. The average molecular weight is 255 g/mol. The molecule has 1 aromatic carbocycles. The molecule has 2 rings (SSSR count). The van der Waals surface area contributed by atoms with Crippen molar-refractivity contribution >= 4 is 23.5 Å². The van der Waals surface area contributed by atoms with E-state index in [1.807, 2.05) is 0 Å². The number of rotatable bonds is 3. The number of amides is 3. The van der Waals surface area contributed by atoms with Gasteiger partial charge >= 0.3 is 6.03 Å². The Morgan fingerprint density at radius 2 is 1.94 bits per heavy atom. The van der Waals surface area contributed by atoms with Crippen LogP contribution in [-0.2, 0) is 4.79 Å². The molecule has 1 aliphatic rings. The van der Waals surface area contributed by atoms with Crippen LogP contribution in [0, 0.1) is 0 Å². The maximum absolute atomic E-state index is 11.5. The fourth-order valence-corrected chi connectivity index (χ4v) is 1.57. The van der Waals surface area contributed by atoms with Gasteiger partial charge in [-0.2, -0.15) is 0 Å². The van der Waals surface area contributed by atoms with Gasteiger partial charge < -0.3 is 10.1 Å². The van der Waals surface area contributed by atoms with Crippen LogP contribution in [0.3, 0.4) is 0 Å². The molecule has 1 atom stereocenters. The number of nitrogens with one attached hydrogen (secondary N) is 2. The van der Waals surface area contributed by atoms with E-state index >= 15 is 0 Å². The third kappa shape index (κ3) is 2.50. The Morgan fingerprint density at radius 3 is 2.47 bits per heavy atom. The number of halogens is 1. The highest BCUT2D eigenvalue weighted by molar-refractivity contribution is 6.30. The summed E-state index contributed by atoms with van der Waals surface area (Å²) >= 11 is 5.73. The van der Waals surface area contributed by atoms with Crippen molar-refractivity contribution in [3.8, 4) is 5.75 Å². The highest BCUT2D eigenvalue weighted by Gasteiger charge is 2.42. The molecule has 5 nitrogen and oxygen atoms in total. The van der Waals surface area contributed by atoms with Crippen LogP contribution in [0.4, 0.5) is 4.79 Å². The fraction of sp³-hybridized carbons (Fsp3) is 0.273. The first-order valence-corrected chi connectivity index (χ1v) is 5.39. The van der Waals surface area contributed by atoms with E-state index in [1.165, 1.54) is 0 Å².